The summed E-state index contributed by atoms with van der Waals surface area (Å²) in [5.74, 6) is -1.20. The maximum atomic E-state index is 13.0. The highest BCUT2D eigenvalue weighted by molar-refractivity contribution is 6.45. The number of amides is 4. The number of ketones is 1. The summed E-state index contributed by atoms with van der Waals surface area (Å²) in [7, 11) is 0. The van der Waals surface area contributed by atoms with Gasteiger partial charge in [0.15, 0.2) is 5.78 Å². The Labute approximate surface area is 180 Å². The summed E-state index contributed by atoms with van der Waals surface area (Å²) in [5.41, 5.74) is 2.02. The number of Topliss-reactive ketones (excluding diaryl/α,β-unsaturated/α-hetero) is 1. The summed E-state index contributed by atoms with van der Waals surface area (Å²) in [6.07, 6.45) is 5.17. The minimum absolute atomic E-state index is 0.144. The van der Waals surface area contributed by atoms with Crippen molar-refractivity contribution in [3.8, 4) is 0 Å². The molecule has 0 bridgehead atoms. The van der Waals surface area contributed by atoms with Gasteiger partial charge < -0.3 is 8.98 Å². The van der Waals surface area contributed by atoms with E-state index in [0.29, 0.717) is 18.5 Å². The van der Waals surface area contributed by atoms with Crippen molar-refractivity contribution in [3.05, 3.63) is 47.2 Å². The van der Waals surface area contributed by atoms with Crippen LogP contribution in [0.15, 0.2) is 28.9 Å². The molecule has 8 heteroatoms. The van der Waals surface area contributed by atoms with Gasteiger partial charge in [0.1, 0.15) is 5.76 Å². The Bertz CT molecular complexity index is 1040. The van der Waals surface area contributed by atoms with Crippen molar-refractivity contribution in [1.29, 1.82) is 0 Å². The molecule has 8 nitrogen and oxygen atoms in total. The molecule has 164 valence electrons. The Morgan fingerprint density at radius 3 is 2.55 bits per heavy atom. The van der Waals surface area contributed by atoms with Gasteiger partial charge in [-0.15, -0.1) is 0 Å². The van der Waals surface area contributed by atoms with E-state index in [1.807, 2.05) is 31.4 Å². The fraction of sp³-hybridized carbons (Fsp3) is 0.478. The lowest BCUT2D eigenvalue weighted by molar-refractivity contribution is -0.144. The second-order valence-electron chi connectivity index (χ2n) is 8.55. The molecule has 3 heterocycles. The van der Waals surface area contributed by atoms with Gasteiger partial charge in [0.25, 0.3) is 0 Å². The molecule has 0 aromatic carbocycles. The van der Waals surface area contributed by atoms with Crippen LogP contribution in [0, 0.1) is 19.8 Å². The largest absolute Gasteiger partial charge is 0.467 e. The summed E-state index contributed by atoms with van der Waals surface area (Å²) in [6, 6.07) is 4.45. The zero-order valence-corrected chi connectivity index (χ0v) is 18.1. The molecule has 0 N–H and O–H groups in total. The maximum Gasteiger partial charge on any atom is 0.334 e. The molecule has 4 amide bonds. The van der Waals surface area contributed by atoms with Gasteiger partial charge in [-0.25, -0.2) is 9.69 Å². The van der Waals surface area contributed by atoms with Crippen LogP contribution in [0.2, 0.25) is 0 Å². The first-order valence-electron chi connectivity index (χ1n) is 10.7. The molecule has 31 heavy (non-hydrogen) atoms. The van der Waals surface area contributed by atoms with Crippen LogP contribution in [0.1, 0.15) is 60.1 Å². The number of urea groups is 1. The molecular weight excluding hydrogens is 398 g/mol. The maximum absolute atomic E-state index is 13.0. The molecule has 1 aliphatic heterocycles. The number of rotatable bonds is 6. The number of hydrogen-bond donors (Lipinski definition) is 0. The first-order valence-corrected chi connectivity index (χ1v) is 10.7. The molecule has 2 aromatic rings. The first-order chi connectivity index (χ1) is 14.8. The van der Waals surface area contributed by atoms with E-state index in [9.17, 15) is 19.2 Å². The van der Waals surface area contributed by atoms with E-state index in [1.54, 1.807) is 18.4 Å². The van der Waals surface area contributed by atoms with Gasteiger partial charge in [-0.05, 0) is 50.8 Å². The molecule has 1 aliphatic carbocycles. The third-order valence-electron chi connectivity index (χ3n) is 6.55. The second-order valence-corrected chi connectivity index (χ2v) is 8.55. The average Bonchev–Trinajstić information content (AvgIpc) is 3.41. The lowest BCUT2D eigenvalue weighted by Crippen LogP contribution is -2.46. The third-order valence-corrected chi connectivity index (χ3v) is 6.55. The summed E-state index contributed by atoms with van der Waals surface area (Å²) in [4.78, 5) is 53.0. The van der Waals surface area contributed by atoms with Crippen LogP contribution in [0.5, 0.6) is 0 Å². The first kappa shape index (κ1) is 21.1. The van der Waals surface area contributed by atoms with Crippen LogP contribution < -0.4 is 0 Å². The SMILES string of the molecule is Cc1cc(C(=O)CN2C(=O)C(=O)N([C@@H]3CCCC[C@@H]3C)C2=O)c(C)n1Cc1ccco1. The Balaban J connectivity index is 1.53. The molecule has 2 aliphatic rings. The van der Waals surface area contributed by atoms with E-state index in [0.717, 1.165) is 46.2 Å². The van der Waals surface area contributed by atoms with Crippen LogP contribution in [0.4, 0.5) is 4.79 Å². The van der Waals surface area contributed by atoms with E-state index < -0.39 is 24.4 Å². The number of aryl methyl sites for hydroxylation is 1. The van der Waals surface area contributed by atoms with Crippen molar-refractivity contribution in [1.82, 2.24) is 14.4 Å². The van der Waals surface area contributed by atoms with Crippen molar-refractivity contribution in [2.45, 2.75) is 59.0 Å². The molecular formula is C23H27N3O5. The monoisotopic (exact) mass is 425 g/mol. The average molecular weight is 425 g/mol. The number of imide groups is 2. The quantitative estimate of drug-likeness (QED) is 0.402. The lowest BCUT2D eigenvalue weighted by atomic mass is 9.85. The molecule has 0 spiro atoms. The van der Waals surface area contributed by atoms with Gasteiger partial charge in [-0.3, -0.25) is 19.3 Å². The zero-order chi connectivity index (χ0) is 22.3. The molecule has 0 unspecified atom stereocenters. The minimum Gasteiger partial charge on any atom is -0.467 e. The van der Waals surface area contributed by atoms with E-state index in [-0.39, 0.29) is 17.7 Å². The fourth-order valence-corrected chi connectivity index (χ4v) is 4.75. The number of furan rings is 1. The number of carbonyl (C=O) groups excluding carboxylic acids is 4. The van der Waals surface area contributed by atoms with Gasteiger partial charge in [0.05, 0.1) is 19.4 Å². The van der Waals surface area contributed by atoms with Crippen molar-refractivity contribution in [2.75, 3.05) is 6.54 Å². The molecule has 1 saturated heterocycles. The Hall–Kier alpha value is -3.16. The fourth-order valence-electron chi connectivity index (χ4n) is 4.75. The normalized spacial score (nSPS) is 22.0. The Morgan fingerprint density at radius 2 is 1.87 bits per heavy atom. The van der Waals surface area contributed by atoms with Gasteiger partial charge >= 0.3 is 17.8 Å². The van der Waals surface area contributed by atoms with Crippen molar-refractivity contribution >= 4 is 23.6 Å². The van der Waals surface area contributed by atoms with Crippen LogP contribution in [-0.2, 0) is 16.1 Å². The highest BCUT2D eigenvalue weighted by atomic mass is 16.3. The van der Waals surface area contributed by atoms with E-state index in [2.05, 4.69) is 0 Å². The highest BCUT2D eigenvalue weighted by Crippen LogP contribution is 2.31. The van der Waals surface area contributed by atoms with Gasteiger partial charge in [-0.1, -0.05) is 19.8 Å². The van der Waals surface area contributed by atoms with Crippen LogP contribution >= 0.6 is 0 Å². The standard InChI is InChI=1S/C23H27N3O5/c1-14-7-4-5-9-19(14)26-22(29)21(28)25(23(26)30)13-20(27)18-11-15(2)24(16(18)3)12-17-8-6-10-31-17/h6,8,10-11,14,19H,4-5,7,9,12-13H2,1-3H3/t14-,19+/m0/s1. The zero-order valence-electron chi connectivity index (χ0n) is 18.1. The van der Waals surface area contributed by atoms with Crippen molar-refractivity contribution in [3.63, 3.8) is 0 Å². The molecule has 1 saturated carbocycles. The van der Waals surface area contributed by atoms with Gasteiger partial charge in [-0.2, -0.15) is 0 Å². The molecule has 4 rings (SSSR count). The summed E-state index contributed by atoms with van der Waals surface area (Å²) in [6.45, 7) is 5.74. The van der Waals surface area contributed by atoms with Gasteiger partial charge in [0.2, 0.25) is 0 Å². The minimum atomic E-state index is -0.916. The van der Waals surface area contributed by atoms with E-state index >= 15 is 0 Å². The molecule has 2 aromatic heterocycles. The smallest absolute Gasteiger partial charge is 0.334 e. The van der Waals surface area contributed by atoms with Gasteiger partial charge in [0, 0.05) is 23.0 Å². The second kappa shape index (κ2) is 8.17. The predicted molar refractivity (Wildman–Crippen MR) is 111 cm³/mol. The molecule has 2 atom stereocenters. The summed E-state index contributed by atoms with van der Waals surface area (Å²) in [5, 5.41) is 0. The third kappa shape index (κ3) is 3.71. The number of carbonyl (C=O) groups is 4. The van der Waals surface area contributed by atoms with Crippen molar-refractivity contribution < 1.29 is 23.6 Å². The van der Waals surface area contributed by atoms with E-state index in [4.69, 9.17) is 4.42 Å². The summed E-state index contributed by atoms with van der Waals surface area (Å²) < 4.78 is 7.34. The highest BCUT2D eigenvalue weighted by Gasteiger charge is 2.49. The van der Waals surface area contributed by atoms with Crippen LogP contribution in [-0.4, -0.2) is 50.6 Å². The van der Waals surface area contributed by atoms with Crippen molar-refractivity contribution in [2.24, 2.45) is 5.92 Å². The lowest BCUT2D eigenvalue weighted by Gasteiger charge is -2.34. The topological polar surface area (TPSA) is 92.8 Å². The predicted octanol–water partition coefficient (Wildman–Crippen LogP) is 3.30. The number of aromatic nitrogens is 1. The summed E-state index contributed by atoms with van der Waals surface area (Å²) >= 11 is 0. The van der Waals surface area contributed by atoms with E-state index in [1.165, 1.54) is 0 Å². The van der Waals surface area contributed by atoms with Crippen LogP contribution in [0.25, 0.3) is 0 Å². The van der Waals surface area contributed by atoms with Crippen LogP contribution in [0.3, 0.4) is 0 Å². The number of hydrogen-bond acceptors (Lipinski definition) is 5. The molecule has 2 fully saturated rings. The molecule has 0 radical (unpaired) electrons. The Morgan fingerprint density at radius 1 is 1.13 bits per heavy atom. The number of nitrogens with zero attached hydrogens (tertiary/aromatic N) is 3. The Kier molecular flexibility index (Phi) is 5.56.